The van der Waals surface area contributed by atoms with Crippen molar-refractivity contribution in [3.63, 3.8) is 0 Å². The average molecular weight is 276 g/mol. The van der Waals surface area contributed by atoms with Crippen molar-refractivity contribution >= 4 is 0 Å². The molecule has 2 rings (SSSR count). The van der Waals surface area contributed by atoms with Gasteiger partial charge in [-0.3, -0.25) is 0 Å². The van der Waals surface area contributed by atoms with Crippen molar-refractivity contribution in [2.24, 2.45) is 11.7 Å². The summed E-state index contributed by atoms with van der Waals surface area (Å²) in [6, 6.07) is 8.20. The molecular weight excluding hydrogens is 248 g/mol. The molecular formula is C17H28N2O. The molecule has 0 aromatic heterocycles. The molecule has 1 aliphatic rings. The number of nitrogens with zero attached hydrogens (tertiary/aromatic N) is 1. The third-order valence-corrected chi connectivity index (χ3v) is 4.18. The van der Waals surface area contributed by atoms with E-state index in [2.05, 4.69) is 17.9 Å². The molecule has 112 valence electrons. The van der Waals surface area contributed by atoms with E-state index in [0.717, 1.165) is 23.8 Å². The molecule has 2 unspecified atom stereocenters. The van der Waals surface area contributed by atoms with Gasteiger partial charge in [0.2, 0.25) is 0 Å². The fourth-order valence-corrected chi connectivity index (χ4v) is 2.96. The molecule has 2 N–H and O–H groups in total. The van der Waals surface area contributed by atoms with E-state index in [1.165, 1.54) is 32.4 Å². The Morgan fingerprint density at radius 1 is 1.30 bits per heavy atom. The van der Waals surface area contributed by atoms with Gasteiger partial charge in [-0.15, -0.1) is 0 Å². The summed E-state index contributed by atoms with van der Waals surface area (Å²) in [7, 11) is 0. The molecule has 1 heterocycles. The second kappa shape index (κ2) is 7.65. The summed E-state index contributed by atoms with van der Waals surface area (Å²) in [4.78, 5) is 2.51. The van der Waals surface area contributed by atoms with E-state index in [1.54, 1.807) is 0 Å². The number of ether oxygens (including phenoxy) is 1. The molecule has 0 aliphatic carbocycles. The fourth-order valence-electron chi connectivity index (χ4n) is 2.96. The molecule has 1 aromatic carbocycles. The lowest BCUT2D eigenvalue weighted by Crippen LogP contribution is -2.33. The SMILES string of the molecule is CCOc1ccccc1C(N)CN1CCCC(C)CC1. The van der Waals surface area contributed by atoms with Gasteiger partial charge >= 0.3 is 0 Å². The van der Waals surface area contributed by atoms with Crippen LogP contribution in [0.4, 0.5) is 0 Å². The molecule has 0 saturated carbocycles. The summed E-state index contributed by atoms with van der Waals surface area (Å²) in [5, 5.41) is 0. The van der Waals surface area contributed by atoms with Crippen molar-refractivity contribution in [2.75, 3.05) is 26.2 Å². The molecule has 3 heteroatoms. The highest BCUT2D eigenvalue weighted by molar-refractivity contribution is 5.35. The Hall–Kier alpha value is -1.06. The predicted octanol–water partition coefficient (Wildman–Crippen LogP) is 3.21. The summed E-state index contributed by atoms with van der Waals surface area (Å²) >= 11 is 0. The lowest BCUT2D eigenvalue weighted by Gasteiger charge is -2.25. The van der Waals surface area contributed by atoms with Crippen LogP contribution in [0.3, 0.4) is 0 Å². The Morgan fingerprint density at radius 3 is 2.90 bits per heavy atom. The van der Waals surface area contributed by atoms with Gasteiger partial charge in [-0.2, -0.15) is 0 Å². The second-order valence-electron chi connectivity index (χ2n) is 5.91. The predicted molar refractivity (Wildman–Crippen MR) is 84.0 cm³/mol. The van der Waals surface area contributed by atoms with Crippen LogP contribution in [0.15, 0.2) is 24.3 Å². The Morgan fingerprint density at radius 2 is 2.10 bits per heavy atom. The van der Waals surface area contributed by atoms with Crippen LogP contribution in [-0.4, -0.2) is 31.1 Å². The molecule has 1 aromatic rings. The second-order valence-corrected chi connectivity index (χ2v) is 5.91. The van der Waals surface area contributed by atoms with E-state index >= 15 is 0 Å². The Bertz CT molecular complexity index is 408. The van der Waals surface area contributed by atoms with Crippen molar-refractivity contribution in [1.29, 1.82) is 0 Å². The lowest BCUT2D eigenvalue weighted by atomic mass is 10.0. The Labute approximate surface area is 123 Å². The van der Waals surface area contributed by atoms with Crippen LogP contribution in [0, 0.1) is 5.92 Å². The zero-order valence-corrected chi connectivity index (χ0v) is 12.8. The Balaban J connectivity index is 1.98. The van der Waals surface area contributed by atoms with E-state index in [4.69, 9.17) is 10.5 Å². The van der Waals surface area contributed by atoms with Crippen molar-refractivity contribution < 1.29 is 4.74 Å². The maximum absolute atomic E-state index is 6.42. The number of benzene rings is 1. The number of rotatable bonds is 5. The normalized spacial score (nSPS) is 22.2. The van der Waals surface area contributed by atoms with Crippen molar-refractivity contribution in [2.45, 2.75) is 39.2 Å². The minimum Gasteiger partial charge on any atom is -0.494 e. The molecule has 20 heavy (non-hydrogen) atoms. The maximum atomic E-state index is 6.42. The number of para-hydroxylation sites is 1. The third-order valence-electron chi connectivity index (χ3n) is 4.18. The molecule has 2 atom stereocenters. The zero-order valence-electron chi connectivity index (χ0n) is 12.8. The van der Waals surface area contributed by atoms with Gasteiger partial charge in [0.05, 0.1) is 6.61 Å². The van der Waals surface area contributed by atoms with Gasteiger partial charge in [0.25, 0.3) is 0 Å². The first-order valence-corrected chi connectivity index (χ1v) is 7.90. The van der Waals surface area contributed by atoms with Crippen LogP contribution < -0.4 is 10.5 Å². The summed E-state index contributed by atoms with van der Waals surface area (Å²) in [5.74, 6) is 1.79. The van der Waals surface area contributed by atoms with Gasteiger partial charge in [-0.25, -0.2) is 0 Å². The van der Waals surface area contributed by atoms with E-state index in [0.29, 0.717) is 6.61 Å². The summed E-state index contributed by atoms with van der Waals surface area (Å²) in [6.07, 6.45) is 3.93. The van der Waals surface area contributed by atoms with Crippen LogP contribution in [0.1, 0.15) is 44.7 Å². The fraction of sp³-hybridized carbons (Fsp3) is 0.647. The first-order chi connectivity index (χ1) is 9.70. The maximum Gasteiger partial charge on any atom is 0.124 e. The zero-order chi connectivity index (χ0) is 14.4. The van der Waals surface area contributed by atoms with Crippen molar-refractivity contribution in [3.8, 4) is 5.75 Å². The lowest BCUT2D eigenvalue weighted by molar-refractivity contribution is 0.260. The Kier molecular flexibility index (Phi) is 5.86. The van der Waals surface area contributed by atoms with Crippen LogP contribution in [0.2, 0.25) is 0 Å². The minimum absolute atomic E-state index is 0.0335. The summed E-state index contributed by atoms with van der Waals surface area (Å²) < 4.78 is 5.69. The van der Waals surface area contributed by atoms with Crippen molar-refractivity contribution in [3.05, 3.63) is 29.8 Å². The number of hydrogen-bond acceptors (Lipinski definition) is 3. The topological polar surface area (TPSA) is 38.5 Å². The van der Waals surface area contributed by atoms with Gasteiger partial charge in [0, 0.05) is 18.2 Å². The third kappa shape index (κ3) is 4.22. The molecule has 1 fully saturated rings. The first-order valence-electron chi connectivity index (χ1n) is 7.90. The van der Waals surface area contributed by atoms with Crippen LogP contribution >= 0.6 is 0 Å². The number of hydrogen-bond donors (Lipinski definition) is 1. The van der Waals surface area contributed by atoms with E-state index < -0.39 is 0 Å². The average Bonchev–Trinajstić information content (AvgIpc) is 2.65. The van der Waals surface area contributed by atoms with Crippen LogP contribution in [-0.2, 0) is 0 Å². The van der Waals surface area contributed by atoms with Gasteiger partial charge in [-0.05, 0) is 51.3 Å². The largest absolute Gasteiger partial charge is 0.494 e. The van der Waals surface area contributed by atoms with Gasteiger partial charge < -0.3 is 15.4 Å². The van der Waals surface area contributed by atoms with Gasteiger partial charge in [0.1, 0.15) is 5.75 Å². The quantitative estimate of drug-likeness (QED) is 0.897. The molecule has 0 amide bonds. The standard InChI is InChI=1S/C17H28N2O/c1-3-20-17-9-5-4-8-15(17)16(18)13-19-11-6-7-14(2)10-12-19/h4-5,8-9,14,16H,3,6-7,10-13,18H2,1-2H3. The van der Waals surface area contributed by atoms with Gasteiger partial charge in [0.15, 0.2) is 0 Å². The molecule has 3 nitrogen and oxygen atoms in total. The molecule has 1 saturated heterocycles. The molecule has 0 bridgehead atoms. The highest BCUT2D eigenvalue weighted by atomic mass is 16.5. The van der Waals surface area contributed by atoms with Gasteiger partial charge in [-0.1, -0.05) is 25.1 Å². The minimum atomic E-state index is 0.0335. The molecule has 1 aliphatic heterocycles. The first kappa shape index (κ1) is 15.3. The summed E-state index contributed by atoms with van der Waals surface area (Å²) in [6.45, 7) is 8.33. The van der Waals surface area contributed by atoms with Crippen molar-refractivity contribution in [1.82, 2.24) is 4.90 Å². The van der Waals surface area contributed by atoms with E-state index in [-0.39, 0.29) is 6.04 Å². The van der Waals surface area contributed by atoms with Crippen LogP contribution in [0.25, 0.3) is 0 Å². The number of nitrogens with two attached hydrogens (primary N) is 1. The highest BCUT2D eigenvalue weighted by Crippen LogP contribution is 2.25. The monoisotopic (exact) mass is 276 g/mol. The van der Waals surface area contributed by atoms with E-state index in [9.17, 15) is 0 Å². The van der Waals surface area contributed by atoms with Crippen LogP contribution in [0.5, 0.6) is 5.75 Å². The van der Waals surface area contributed by atoms with E-state index in [1.807, 2.05) is 25.1 Å². The number of likely N-dealkylation sites (tertiary alicyclic amines) is 1. The summed E-state index contributed by atoms with van der Waals surface area (Å²) in [5.41, 5.74) is 7.55. The highest BCUT2D eigenvalue weighted by Gasteiger charge is 2.18. The molecule has 0 spiro atoms. The molecule has 0 radical (unpaired) electrons. The smallest absolute Gasteiger partial charge is 0.124 e.